The van der Waals surface area contributed by atoms with Crippen molar-refractivity contribution in [2.75, 3.05) is 6.61 Å². The van der Waals surface area contributed by atoms with Crippen molar-refractivity contribution in [1.29, 1.82) is 0 Å². The number of nitrogens with zero attached hydrogens (tertiary/aromatic N) is 3. The van der Waals surface area contributed by atoms with Crippen LogP contribution in [0.3, 0.4) is 0 Å². The molecule has 1 saturated heterocycles. The smallest absolute Gasteiger partial charge is 0.262 e. The summed E-state index contributed by atoms with van der Waals surface area (Å²) in [6.45, 7) is 5.12. The molecule has 0 bridgehead atoms. The summed E-state index contributed by atoms with van der Waals surface area (Å²) in [6.07, 6.45) is 2.08. The van der Waals surface area contributed by atoms with Gasteiger partial charge in [0.2, 0.25) is 5.89 Å². The number of thioether (sulfide) groups is 1. The van der Waals surface area contributed by atoms with Crippen molar-refractivity contribution in [3.8, 4) is 0 Å². The molecule has 6 nitrogen and oxygen atoms in total. The molecule has 1 unspecified atom stereocenters. The molecule has 0 aliphatic carbocycles. The molecular weight excluding hydrogens is 350 g/mol. The van der Waals surface area contributed by atoms with E-state index < -0.39 is 0 Å². The van der Waals surface area contributed by atoms with E-state index in [1.807, 2.05) is 38.1 Å². The Bertz CT molecular complexity index is 970. The van der Waals surface area contributed by atoms with Crippen LogP contribution < -0.4 is 5.56 Å². The molecule has 1 fully saturated rings. The van der Waals surface area contributed by atoms with Gasteiger partial charge in [-0.05, 0) is 38.8 Å². The van der Waals surface area contributed by atoms with E-state index in [2.05, 4.69) is 4.98 Å². The molecule has 1 atom stereocenters. The van der Waals surface area contributed by atoms with Crippen molar-refractivity contribution in [2.24, 2.45) is 0 Å². The van der Waals surface area contributed by atoms with Gasteiger partial charge < -0.3 is 9.15 Å². The minimum absolute atomic E-state index is 0.0200. The zero-order valence-electron chi connectivity index (χ0n) is 14.9. The maximum Gasteiger partial charge on any atom is 0.262 e. The number of aromatic nitrogens is 3. The first-order valence-electron chi connectivity index (χ1n) is 8.78. The van der Waals surface area contributed by atoms with E-state index in [1.54, 1.807) is 4.57 Å². The van der Waals surface area contributed by atoms with Gasteiger partial charge in [-0.2, -0.15) is 0 Å². The highest BCUT2D eigenvalue weighted by Gasteiger charge is 2.20. The van der Waals surface area contributed by atoms with Crippen molar-refractivity contribution in [3.05, 3.63) is 52.0 Å². The summed E-state index contributed by atoms with van der Waals surface area (Å²) in [4.78, 5) is 22.2. The monoisotopic (exact) mass is 371 g/mol. The second-order valence-corrected chi connectivity index (χ2v) is 7.44. The number of fused-ring (bicyclic) bond motifs is 1. The number of rotatable bonds is 5. The fourth-order valence-electron chi connectivity index (χ4n) is 3.14. The fraction of sp³-hybridized carbons (Fsp3) is 0.421. The van der Waals surface area contributed by atoms with Crippen molar-refractivity contribution in [1.82, 2.24) is 14.5 Å². The molecule has 136 valence electrons. The lowest BCUT2D eigenvalue weighted by Crippen LogP contribution is -2.28. The van der Waals surface area contributed by atoms with Crippen LogP contribution in [0.5, 0.6) is 0 Å². The van der Waals surface area contributed by atoms with E-state index >= 15 is 0 Å². The first-order chi connectivity index (χ1) is 12.6. The van der Waals surface area contributed by atoms with E-state index in [1.165, 1.54) is 11.8 Å². The highest BCUT2D eigenvalue weighted by atomic mass is 32.2. The number of oxazole rings is 1. The maximum atomic E-state index is 13.0. The minimum Gasteiger partial charge on any atom is -0.445 e. The molecule has 26 heavy (non-hydrogen) atoms. The first kappa shape index (κ1) is 17.3. The normalized spacial score (nSPS) is 17.2. The Labute approximate surface area is 155 Å². The number of ether oxygens (including phenoxy) is 1. The summed E-state index contributed by atoms with van der Waals surface area (Å²) < 4.78 is 13.1. The fourth-order valence-corrected chi connectivity index (χ4v) is 3.99. The number of hydrogen-bond donors (Lipinski definition) is 0. The number of hydrogen-bond acceptors (Lipinski definition) is 6. The molecule has 1 aliphatic heterocycles. The molecule has 0 saturated carbocycles. The third-order valence-electron chi connectivity index (χ3n) is 4.63. The lowest BCUT2D eigenvalue weighted by atomic mass is 10.2. The highest BCUT2D eigenvalue weighted by molar-refractivity contribution is 7.98. The predicted octanol–water partition coefficient (Wildman–Crippen LogP) is 3.47. The highest BCUT2D eigenvalue weighted by Crippen LogP contribution is 2.24. The third kappa shape index (κ3) is 3.41. The maximum absolute atomic E-state index is 13.0. The van der Waals surface area contributed by atoms with E-state index in [-0.39, 0.29) is 11.7 Å². The van der Waals surface area contributed by atoms with Gasteiger partial charge in [0, 0.05) is 6.61 Å². The second-order valence-electron chi connectivity index (χ2n) is 6.50. The molecular formula is C19H21N3O3S. The molecule has 3 aromatic rings. The van der Waals surface area contributed by atoms with E-state index in [0.717, 1.165) is 30.9 Å². The van der Waals surface area contributed by atoms with Gasteiger partial charge >= 0.3 is 0 Å². The van der Waals surface area contributed by atoms with Gasteiger partial charge in [0.15, 0.2) is 5.16 Å². The van der Waals surface area contributed by atoms with Crippen LogP contribution in [0.4, 0.5) is 0 Å². The Morgan fingerprint density at radius 2 is 2.12 bits per heavy atom. The molecule has 0 radical (unpaired) electrons. The Morgan fingerprint density at radius 1 is 1.27 bits per heavy atom. The largest absolute Gasteiger partial charge is 0.445 e. The van der Waals surface area contributed by atoms with Crippen molar-refractivity contribution < 1.29 is 9.15 Å². The molecule has 4 rings (SSSR count). The Morgan fingerprint density at radius 3 is 2.85 bits per heavy atom. The van der Waals surface area contributed by atoms with Gasteiger partial charge in [0.1, 0.15) is 5.76 Å². The van der Waals surface area contributed by atoms with E-state index in [0.29, 0.717) is 34.2 Å². The van der Waals surface area contributed by atoms with Crippen LogP contribution in [0.25, 0.3) is 10.9 Å². The Balaban J connectivity index is 1.69. The summed E-state index contributed by atoms with van der Waals surface area (Å²) >= 11 is 1.47. The third-order valence-corrected chi connectivity index (χ3v) is 5.60. The number of benzene rings is 1. The van der Waals surface area contributed by atoms with E-state index in [4.69, 9.17) is 14.1 Å². The average Bonchev–Trinajstić information content (AvgIpc) is 3.26. The lowest BCUT2D eigenvalue weighted by molar-refractivity contribution is 0.0937. The van der Waals surface area contributed by atoms with Crippen LogP contribution in [-0.2, 0) is 17.0 Å². The average molecular weight is 371 g/mol. The van der Waals surface area contributed by atoms with E-state index in [9.17, 15) is 4.79 Å². The van der Waals surface area contributed by atoms with Crippen LogP contribution in [0.15, 0.2) is 38.6 Å². The number of para-hydroxylation sites is 1. The Hall–Kier alpha value is -2.12. The van der Waals surface area contributed by atoms with Crippen molar-refractivity contribution in [2.45, 2.75) is 50.2 Å². The first-order valence-corrected chi connectivity index (χ1v) is 9.77. The zero-order chi connectivity index (χ0) is 18.1. The molecule has 0 N–H and O–H groups in total. The van der Waals surface area contributed by atoms with Gasteiger partial charge in [-0.1, -0.05) is 23.9 Å². The molecule has 2 aromatic heterocycles. The van der Waals surface area contributed by atoms with Crippen LogP contribution in [0, 0.1) is 13.8 Å². The lowest BCUT2D eigenvalue weighted by Gasteiger charge is -2.16. The molecule has 0 amide bonds. The Kier molecular flexibility index (Phi) is 4.82. The SMILES string of the molecule is Cc1nc(CSc2nc3ccccc3c(=O)n2CC2CCCO2)oc1C. The summed E-state index contributed by atoms with van der Waals surface area (Å²) in [6, 6.07) is 7.46. The van der Waals surface area contributed by atoms with Crippen LogP contribution in [0.1, 0.15) is 30.2 Å². The molecule has 1 aliphatic rings. The standard InChI is InChI=1S/C19H21N3O3S/c1-12-13(2)25-17(20-12)11-26-19-21-16-8-4-3-7-15(16)18(23)22(19)10-14-6-5-9-24-14/h3-4,7-8,14H,5-6,9-11H2,1-2H3. The van der Waals surface area contributed by atoms with Gasteiger partial charge in [-0.15, -0.1) is 0 Å². The molecule has 0 spiro atoms. The van der Waals surface area contributed by atoms with Crippen LogP contribution >= 0.6 is 11.8 Å². The molecule has 3 heterocycles. The topological polar surface area (TPSA) is 70.2 Å². The van der Waals surface area contributed by atoms with Crippen LogP contribution in [-0.4, -0.2) is 27.2 Å². The number of aryl methyl sites for hydroxylation is 2. The minimum atomic E-state index is -0.0200. The predicted molar refractivity (Wildman–Crippen MR) is 101 cm³/mol. The summed E-state index contributed by atoms with van der Waals surface area (Å²) in [5.74, 6) is 2.00. The van der Waals surface area contributed by atoms with Crippen molar-refractivity contribution in [3.63, 3.8) is 0 Å². The quantitative estimate of drug-likeness (QED) is 0.505. The van der Waals surface area contributed by atoms with Gasteiger partial charge in [-0.25, -0.2) is 9.97 Å². The summed E-state index contributed by atoms with van der Waals surface area (Å²) in [5.41, 5.74) is 1.58. The molecule has 7 heteroatoms. The van der Waals surface area contributed by atoms with Gasteiger partial charge in [0.05, 0.1) is 35.0 Å². The van der Waals surface area contributed by atoms with Crippen LogP contribution in [0.2, 0.25) is 0 Å². The zero-order valence-corrected chi connectivity index (χ0v) is 15.7. The summed E-state index contributed by atoms with van der Waals surface area (Å²) in [5, 5.41) is 1.32. The second kappa shape index (κ2) is 7.25. The van der Waals surface area contributed by atoms with Gasteiger partial charge in [-0.3, -0.25) is 9.36 Å². The van der Waals surface area contributed by atoms with Crippen molar-refractivity contribution >= 4 is 22.7 Å². The molecule has 1 aromatic carbocycles. The summed E-state index contributed by atoms with van der Waals surface area (Å²) in [7, 11) is 0. The van der Waals surface area contributed by atoms with Gasteiger partial charge in [0.25, 0.3) is 5.56 Å².